The van der Waals surface area contributed by atoms with Crippen LogP contribution >= 0.6 is 0 Å². The molecule has 0 radical (unpaired) electrons. The van der Waals surface area contributed by atoms with Gasteiger partial charge in [0.25, 0.3) is 5.91 Å². The normalized spacial score (nSPS) is 10.9. The zero-order valence-corrected chi connectivity index (χ0v) is 15.9. The van der Waals surface area contributed by atoms with Gasteiger partial charge in [-0.15, -0.1) is 0 Å². The lowest BCUT2D eigenvalue weighted by molar-refractivity contribution is 0.0792. The molecule has 3 aromatic rings. The fourth-order valence-corrected chi connectivity index (χ4v) is 3.03. The Hall–Kier alpha value is -2.82. The molecule has 3 rings (SSSR count). The molecule has 5 heteroatoms. The highest BCUT2D eigenvalue weighted by Gasteiger charge is 2.25. The van der Waals surface area contributed by atoms with Gasteiger partial charge in [0.05, 0.1) is 11.4 Å². The predicted octanol–water partition coefficient (Wildman–Crippen LogP) is 4.15. The van der Waals surface area contributed by atoms with Crippen molar-refractivity contribution >= 4 is 5.91 Å². The Morgan fingerprint density at radius 1 is 1.12 bits per heavy atom. The Bertz CT molecular complexity index is 876. The maximum absolute atomic E-state index is 13.1. The molecule has 26 heavy (non-hydrogen) atoms. The average molecular weight is 350 g/mol. The van der Waals surface area contributed by atoms with Crippen molar-refractivity contribution in [2.75, 3.05) is 13.6 Å². The summed E-state index contributed by atoms with van der Waals surface area (Å²) in [7, 11) is 1.86. The van der Waals surface area contributed by atoms with Gasteiger partial charge in [-0.1, -0.05) is 31.0 Å². The van der Waals surface area contributed by atoms with Crippen LogP contribution in [0.25, 0.3) is 11.5 Å². The molecule has 0 saturated carbocycles. The molecular weight excluding hydrogens is 324 g/mol. The van der Waals surface area contributed by atoms with Crippen molar-refractivity contribution in [1.29, 1.82) is 0 Å². The molecule has 1 aromatic carbocycles. The molecule has 0 unspecified atom stereocenters. The highest BCUT2D eigenvalue weighted by atomic mass is 16.2. The molecule has 0 aliphatic carbocycles. The van der Waals surface area contributed by atoms with Crippen LogP contribution in [0, 0.1) is 13.8 Å². The third-order valence-corrected chi connectivity index (χ3v) is 4.57. The quantitative estimate of drug-likeness (QED) is 0.670. The molecule has 0 atom stereocenters. The number of nitrogens with zero attached hydrogens (tertiary/aromatic N) is 4. The van der Waals surface area contributed by atoms with E-state index in [0.29, 0.717) is 5.56 Å². The summed E-state index contributed by atoms with van der Waals surface area (Å²) in [5, 5.41) is 4.70. The van der Waals surface area contributed by atoms with Crippen LogP contribution < -0.4 is 0 Å². The number of unbranched alkanes of at least 4 members (excludes halogenated alkanes) is 1. The third kappa shape index (κ3) is 3.43. The summed E-state index contributed by atoms with van der Waals surface area (Å²) < 4.78 is 3.82. The van der Waals surface area contributed by atoms with E-state index < -0.39 is 0 Å². The highest BCUT2D eigenvalue weighted by Crippen LogP contribution is 2.24. The SMILES string of the molecule is CCCCN(C)C(=O)c1c(C)nn(-c2ccc(C)cc2)c1-n1cccc1. The van der Waals surface area contributed by atoms with E-state index in [1.54, 1.807) is 4.90 Å². The van der Waals surface area contributed by atoms with Crippen molar-refractivity contribution in [3.05, 3.63) is 65.6 Å². The molecular formula is C21H26N4O. The second-order valence-electron chi connectivity index (χ2n) is 6.70. The summed E-state index contributed by atoms with van der Waals surface area (Å²) in [5.41, 5.74) is 3.52. The van der Waals surface area contributed by atoms with Gasteiger partial charge in [-0.05, 0) is 44.5 Å². The van der Waals surface area contributed by atoms with Crippen LogP contribution in [0.2, 0.25) is 0 Å². The lowest BCUT2D eigenvalue weighted by Crippen LogP contribution is -2.29. The lowest BCUT2D eigenvalue weighted by atomic mass is 10.2. The summed E-state index contributed by atoms with van der Waals surface area (Å²) in [4.78, 5) is 14.9. The van der Waals surface area contributed by atoms with E-state index in [2.05, 4.69) is 26.0 Å². The minimum Gasteiger partial charge on any atom is -0.342 e. The Kier molecular flexibility index (Phi) is 5.26. The molecule has 2 aromatic heterocycles. The van der Waals surface area contributed by atoms with Crippen LogP contribution in [0.3, 0.4) is 0 Å². The van der Waals surface area contributed by atoms with E-state index in [9.17, 15) is 4.79 Å². The summed E-state index contributed by atoms with van der Waals surface area (Å²) in [6, 6.07) is 12.1. The van der Waals surface area contributed by atoms with E-state index in [-0.39, 0.29) is 5.91 Å². The lowest BCUT2D eigenvalue weighted by Gasteiger charge is -2.18. The van der Waals surface area contributed by atoms with Crippen molar-refractivity contribution in [3.8, 4) is 11.5 Å². The van der Waals surface area contributed by atoms with E-state index in [0.717, 1.165) is 36.6 Å². The predicted molar refractivity (Wildman–Crippen MR) is 104 cm³/mol. The number of benzene rings is 1. The van der Waals surface area contributed by atoms with Gasteiger partial charge in [-0.2, -0.15) is 5.10 Å². The van der Waals surface area contributed by atoms with Crippen LogP contribution in [0.4, 0.5) is 0 Å². The number of rotatable bonds is 6. The molecule has 2 heterocycles. The fourth-order valence-electron chi connectivity index (χ4n) is 3.03. The minimum atomic E-state index is 0.0120. The summed E-state index contributed by atoms with van der Waals surface area (Å²) in [5.74, 6) is 0.794. The zero-order chi connectivity index (χ0) is 18.7. The van der Waals surface area contributed by atoms with Gasteiger partial charge in [0, 0.05) is 26.0 Å². The molecule has 5 nitrogen and oxygen atoms in total. The monoisotopic (exact) mass is 350 g/mol. The van der Waals surface area contributed by atoms with Crippen LogP contribution in [0.5, 0.6) is 0 Å². The number of carbonyl (C=O) groups excluding carboxylic acids is 1. The number of amides is 1. The summed E-state index contributed by atoms with van der Waals surface area (Å²) in [6.45, 7) is 6.83. The van der Waals surface area contributed by atoms with Gasteiger partial charge >= 0.3 is 0 Å². The van der Waals surface area contributed by atoms with E-state index >= 15 is 0 Å². The molecule has 0 N–H and O–H groups in total. The highest BCUT2D eigenvalue weighted by molar-refractivity contribution is 5.98. The van der Waals surface area contributed by atoms with E-state index in [1.807, 2.05) is 59.9 Å². The van der Waals surface area contributed by atoms with Crippen LogP contribution in [0.1, 0.15) is 41.4 Å². The first-order valence-electron chi connectivity index (χ1n) is 9.08. The number of hydrogen-bond donors (Lipinski definition) is 0. The standard InChI is InChI=1S/C21H26N4O/c1-5-6-13-23(4)21(26)19-17(3)22-25(18-11-9-16(2)10-12-18)20(19)24-14-7-8-15-24/h7-12,14-15H,5-6,13H2,1-4H3. The zero-order valence-electron chi connectivity index (χ0n) is 15.9. The Morgan fingerprint density at radius 3 is 2.38 bits per heavy atom. The van der Waals surface area contributed by atoms with Crippen LogP contribution in [-0.4, -0.2) is 38.7 Å². The van der Waals surface area contributed by atoms with Crippen molar-refractivity contribution in [2.24, 2.45) is 0 Å². The second-order valence-corrected chi connectivity index (χ2v) is 6.70. The molecule has 0 aliphatic heterocycles. The summed E-state index contributed by atoms with van der Waals surface area (Å²) >= 11 is 0. The van der Waals surface area contributed by atoms with E-state index in [4.69, 9.17) is 5.10 Å². The first-order chi connectivity index (χ1) is 12.5. The molecule has 0 aliphatic rings. The van der Waals surface area contributed by atoms with E-state index in [1.165, 1.54) is 5.56 Å². The topological polar surface area (TPSA) is 43.1 Å². The number of hydrogen-bond acceptors (Lipinski definition) is 2. The maximum Gasteiger partial charge on any atom is 0.259 e. The first kappa shape index (κ1) is 18.0. The van der Waals surface area contributed by atoms with Gasteiger partial charge in [0.1, 0.15) is 5.56 Å². The maximum atomic E-state index is 13.1. The number of aryl methyl sites for hydroxylation is 2. The number of carbonyl (C=O) groups is 1. The van der Waals surface area contributed by atoms with Gasteiger partial charge in [-0.25, -0.2) is 4.68 Å². The van der Waals surface area contributed by atoms with Crippen molar-refractivity contribution in [2.45, 2.75) is 33.6 Å². The molecule has 0 spiro atoms. The summed E-state index contributed by atoms with van der Waals surface area (Å²) in [6.07, 6.45) is 5.95. The Balaban J connectivity index is 2.13. The van der Waals surface area contributed by atoms with Crippen LogP contribution in [0.15, 0.2) is 48.8 Å². The van der Waals surface area contributed by atoms with Crippen LogP contribution in [-0.2, 0) is 0 Å². The van der Waals surface area contributed by atoms with Gasteiger partial charge in [0.15, 0.2) is 5.82 Å². The molecule has 136 valence electrons. The molecule has 0 saturated heterocycles. The van der Waals surface area contributed by atoms with Gasteiger partial charge < -0.3 is 9.47 Å². The van der Waals surface area contributed by atoms with Crippen molar-refractivity contribution in [3.63, 3.8) is 0 Å². The second kappa shape index (κ2) is 7.60. The molecule has 1 amide bonds. The number of aromatic nitrogens is 3. The van der Waals surface area contributed by atoms with Crippen molar-refractivity contribution in [1.82, 2.24) is 19.2 Å². The Morgan fingerprint density at radius 2 is 1.77 bits per heavy atom. The third-order valence-electron chi connectivity index (χ3n) is 4.57. The van der Waals surface area contributed by atoms with Gasteiger partial charge in [0.2, 0.25) is 0 Å². The first-order valence-corrected chi connectivity index (χ1v) is 9.08. The Labute approximate surface area is 154 Å². The van der Waals surface area contributed by atoms with Crippen molar-refractivity contribution < 1.29 is 4.79 Å². The average Bonchev–Trinajstić information content (AvgIpc) is 3.27. The largest absolute Gasteiger partial charge is 0.342 e. The minimum absolute atomic E-state index is 0.0120. The smallest absolute Gasteiger partial charge is 0.259 e. The van der Waals surface area contributed by atoms with Gasteiger partial charge in [-0.3, -0.25) is 4.79 Å². The fraction of sp³-hybridized carbons (Fsp3) is 0.333. The molecule has 0 bridgehead atoms. The molecule has 0 fully saturated rings.